The first-order valence-electron chi connectivity index (χ1n) is 8.69. The number of hydrogen-bond donors (Lipinski definition) is 5. The van der Waals surface area contributed by atoms with Crippen molar-refractivity contribution in [3.63, 3.8) is 0 Å². The normalized spacial score (nSPS) is 17.9. The van der Waals surface area contributed by atoms with Gasteiger partial charge in [0.1, 0.15) is 11.6 Å². The molecule has 0 radical (unpaired) electrons. The number of carbonyl (C=O) groups is 2. The second-order valence-electron chi connectivity index (χ2n) is 6.61. The van der Waals surface area contributed by atoms with Crippen LogP contribution in [0.5, 0.6) is 11.6 Å². The molecule has 2 aromatic heterocycles. The van der Waals surface area contributed by atoms with Crippen molar-refractivity contribution >= 4 is 28.5 Å². The summed E-state index contributed by atoms with van der Waals surface area (Å²) in [5.41, 5.74) is 3.57. The molecule has 0 aliphatic carbocycles. The third kappa shape index (κ3) is 3.16. The summed E-state index contributed by atoms with van der Waals surface area (Å²) in [5.74, 6) is 5.09. The summed E-state index contributed by atoms with van der Waals surface area (Å²) in [5, 5.41) is 16.5. The van der Waals surface area contributed by atoms with Crippen molar-refractivity contribution in [3.8, 4) is 23.5 Å². The molecular formula is C19H16N6O5. The Labute approximate surface area is 168 Å². The molecule has 4 rings (SSSR count). The van der Waals surface area contributed by atoms with Crippen LogP contribution in [0.1, 0.15) is 5.56 Å². The van der Waals surface area contributed by atoms with Crippen molar-refractivity contribution in [2.75, 3.05) is 12.8 Å². The zero-order valence-corrected chi connectivity index (χ0v) is 15.6. The van der Waals surface area contributed by atoms with Gasteiger partial charge in [-0.1, -0.05) is 11.8 Å². The molecule has 3 amide bonds. The van der Waals surface area contributed by atoms with Gasteiger partial charge < -0.3 is 25.5 Å². The van der Waals surface area contributed by atoms with E-state index in [1.165, 1.54) is 11.7 Å². The minimum Gasteiger partial charge on any atom is -0.497 e. The number of amides is 3. The van der Waals surface area contributed by atoms with Crippen LogP contribution in [-0.4, -0.2) is 44.2 Å². The number of nitrogens with one attached hydrogen (secondary N) is 3. The maximum absolute atomic E-state index is 12.6. The maximum atomic E-state index is 12.6. The highest BCUT2D eigenvalue weighted by molar-refractivity contribution is 6.09. The van der Waals surface area contributed by atoms with Crippen molar-refractivity contribution in [3.05, 3.63) is 46.6 Å². The Hall–Kier alpha value is -4.46. The quantitative estimate of drug-likeness (QED) is 0.292. The summed E-state index contributed by atoms with van der Waals surface area (Å²) in [6.07, 6.45) is 2.79. The van der Waals surface area contributed by atoms with Crippen molar-refractivity contribution in [2.24, 2.45) is 0 Å². The first kappa shape index (κ1) is 18.9. The first-order chi connectivity index (χ1) is 14.3. The van der Waals surface area contributed by atoms with E-state index in [0.717, 1.165) is 6.20 Å². The predicted molar refractivity (Wildman–Crippen MR) is 106 cm³/mol. The van der Waals surface area contributed by atoms with E-state index in [4.69, 9.17) is 10.5 Å². The number of fused-ring (bicyclic) bond motifs is 1. The molecule has 3 aromatic rings. The molecule has 11 nitrogen and oxygen atoms in total. The van der Waals surface area contributed by atoms with E-state index in [2.05, 4.69) is 32.4 Å². The van der Waals surface area contributed by atoms with E-state index >= 15 is 0 Å². The Morgan fingerprint density at radius 2 is 2.13 bits per heavy atom. The van der Waals surface area contributed by atoms with Crippen LogP contribution >= 0.6 is 0 Å². The predicted octanol–water partition coefficient (Wildman–Crippen LogP) is -0.349. The van der Waals surface area contributed by atoms with Gasteiger partial charge in [0.2, 0.25) is 5.54 Å². The Morgan fingerprint density at radius 1 is 1.33 bits per heavy atom. The van der Waals surface area contributed by atoms with Gasteiger partial charge in [-0.3, -0.25) is 15.1 Å². The Bertz CT molecular complexity index is 1310. The van der Waals surface area contributed by atoms with Crippen LogP contribution in [0.3, 0.4) is 0 Å². The number of urea groups is 1. The van der Waals surface area contributed by atoms with E-state index in [1.54, 1.807) is 24.4 Å². The molecule has 1 atom stereocenters. The molecule has 3 heterocycles. The van der Waals surface area contributed by atoms with Gasteiger partial charge in [-0.25, -0.2) is 14.6 Å². The average molecular weight is 408 g/mol. The van der Waals surface area contributed by atoms with Crippen LogP contribution < -0.4 is 26.8 Å². The number of imide groups is 1. The van der Waals surface area contributed by atoms with Gasteiger partial charge in [0.05, 0.1) is 25.4 Å². The van der Waals surface area contributed by atoms with Crippen LogP contribution in [0, 0.1) is 11.8 Å². The number of anilines is 1. The molecule has 0 spiro atoms. The summed E-state index contributed by atoms with van der Waals surface area (Å²) in [7, 11) is 1.51. The number of nitrogen functional groups attached to an aromatic ring is 1. The van der Waals surface area contributed by atoms with Crippen LogP contribution in [0.4, 0.5) is 10.6 Å². The minimum absolute atomic E-state index is 0.0240. The Morgan fingerprint density at radius 3 is 2.80 bits per heavy atom. The zero-order chi connectivity index (χ0) is 21.5. The SMILES string of the molecule is COc1ccc2cn(C[C@@]3(C#Cc4cnc(=O)[nH]c4N)NC(=O)NC3=O)c(O)c2c1. The lowest BCUT2D eigenvalue weighted by atomic mass is 10.00. The standard InChI is InChI=1S/C19H16N6O5/c1-30-12-3-2-11-8-25(15(26)13(11)6-12)9-19(16(27)23-18(29)24-19)5-4-10-7-21-17(28)22-14(10)20/h2-3,6-8,26H,9H2,1H3,(H3,20,21,22,28)(H2,23,24,27,29)/t19-/m1/s1. The van der Waals surface area contributed by atoms with Gasteiger partial charge in [-0.05, 0) is 18.2 Å². The van der Waals surface area contributed by atoms with E-state index in [-0.39, 0.29) is 23.8 Å². The lowest BCUT2D eigenvalue weighted by Gasteiger charge is -2.20. The molecule has 6 N–H and O–H groups in total. The minimum atomic E-state index is -1.68. The van der Waals surface area contributed by atoms with E-state index in [0.29, 0.717) is 16.5 Å². The summed E-state index contributed by atoms with van der Waals surface area (Å²) >= 11 is 0. The van der Waals surface area contributed by atoms with Crippen LogP contribution in [0.25, 0.3) is 10.8 Å². The van der Waals surface area contributed by atoms with Gasteiger partial charge in [0.25, 0.3) is 5.91 Å². The first-order valence-corrected chi connectivity index (χ1v) is 8.69. The van der Waals surface area contributed by atoms with Crippen molar-refractivity contribution < 1.29 is 19.4 Å². The van der Waals surface area contributed by atoms with Gasteiger partial charge in [0, 0.05) is 17.0 Å². The average Bonchev–Trinajstić information content (AvgIpc) is 3.16. The number of H-pyrrole nitrogens is 1. The number of nitrogens with zero attached hydrogens (tertiary/aromatic N) is 2. The topological polar surface area (TPSA) is 164 Å². The number of rotatable bonds is 3. The highest BCUT2D eigenvalue weighted by Crippen LogP contribution is 2.31. The molecule has 1 aliphatic heterocycles. The van der Waals surface area contributed by atoms with Crippen LogP contribution in [0.2, 0.25) is 0 Å². The fourth-order valence-corrected chi connectivity index (χ4v) is 3.14. The summed E-state index contributed by atoms with van der Waals surface area (Å²) in [6, 6.07) is 4.42. The summed E-state index contributed by atoms with van der Waals surface area (Å²) in [4.78, 5) is 41.5. The third-order valence-corrected chi connectivity index (χ3v) is 4.67. The lowest BCUT2D eigenvalue weighted by molar-refractivity contribution is -0.122. The fourth-order valence-electron chi connectivity index (χ4n) is 3.14. The molecule has 0 bridgehead atoms. The number of ether oxygens (including phenoxy) is 1. The monoisotopic (exact) mass is 408 g/mol. The highest BCUT2D eigenvalue weighted by atomic mass is 16.5. The largest absolute Gasteiger partial charge is 0.497 e. The molecule has 1 aromatic carbocycles. The molecule has 30 heavy (non-hydrogen) atoms. The number of carbonyl (C=O) groups excluding carboxylic acids is 2. The Balaban J connectivity index is 1.78. The van der Waals surface area contributed by atoms with E-state index < -0.39 is 23.2 Å². The fraction of sp³-hybridized carbons (Fsp3) is 0.158. The van der Waals surface area contributed by atoms with E-state index in [1.807, 2.05) is 0 Å². The molecule has 1 aliphatic rings. The second kappa shape index (κ2) is 6.85. The van der Waals surface area contributed by atoms with Gasteiger partial charge in [-0.2, -0.15) is 0 Å². The van der Waals surface area contributed by atoms with Gasteiger partial charge in [0.15, 0.2) is 5.88 Å². The smallest absolute Gasteiger partial charge is 0.346 e. The van der Waals surface area contributed by atoms with Crippen molar-refractivity contribution in [1.29, 1.82) is 0 Å². The molecule has 1 fully saturated rings. The molecule has 1 saturated heterocycles. The number of aromatic amines is 1. The van der Waals surface area contributed by atoms with Gasteiger partial charge >= 0.3 is 11.7 Å². The van der Waals surface area contributed by atoms with Crippen molar-refractivity contribution in [1.82, 2.24) is 25.2 Å². The number of aromatic hydroxyl groups is 1. The molecule has 0 unspecified atom stereocenters. The molecule has 11 heteroatoms. The molecule has 0 saturated carbocycles. The second-order valence-corrected chi connectivity index (χ2v) is 6.61. The van der Waals surface area contributed by atoms with Gasteiger partial charge in [-0.15, -0.1) is 0 Å². The summed E-state index contributed by atoms with van der Waals surface area (Å²) in [6.45, 7) is -0.183. The summed E-state index contributed by atoms with van der Waals surface area (Å²) < 4.78 is 6.57. The number of benzene rings is 1. The zero-order valence-electron chi connectivity index (χ0n) is 15.6. The van der Waals surface area contributed by atoms with Crippen LogP contribution in [0.15, 0.2) is 35.4 Å². The Kier molecular flexibility index (Phi) is 4.31. The number of hydrogen-bond acceptors (Lipinski definition) is 7. The number of aromatic nitrogens is 3. The van der Waals surface area contributed by atoms with Crippen molar-refractivity contribution in [2.45, 2.75) is 12.1 Å². The molecular weight excluding hydrogens is 392 g/mol. The third-order valence-electron chi connectivity index (χ3n) is 4.67. The number of nitrogens with two attached hydrogens (primary N) is 1. The lowest BCUT2D eigenvalue weighted by Crippen LogP contribution is -2.49. The highest BCUT2D eigenvalue weighted by Gasteiger charge is 2.46. The van der Waals surface area contributed by atoms with Crippen LogP contribution in [-0.2, 0) is 11.3 Å². The molecule has 152 valence electrons. The van der Waals surface area contributed by atoms with E-state index in [9.17, 15) is 19.5 Å². The maximum Gasteiger partial charge on any atom is 0.346 e. The number of methoxy groups -OCH3 is 1.